The van der Waals surface area contributed by atoms with Gasteiger partial charge in [0.1, 0.15) is 5.75 Å². The SMILES string of the molecule is CN(C)c1ccc(C#CCNC(=O)C(C)(C)Oc2ccc(Cl)cc2)cc1. The highest BCUT2D eigenvalue weighted by Gasteiger charge is 2.29. The molecule has 2 rings (SSSR count). The Morgan fingerprint density at radius 1 is 1.12 bits per heavy atom. The Morgan fingerprint density at radius 2 is 1.73 bits per heavy atom. The highest BCUT2D eigenvalue weighted by Crippen LogP contribution is 2.21. The van der Waals surface area contributed by atoms with E-state index in [9.17, 15) is 4.79 Å². The molecule has 0 aliphatic carbocycles. The topological polar surface area (TPSA) is 41.6 Å². The van der Waals surface area contributed by atoms with E-state index in [-0.39, 0.29) is 12.5 Å². The molecule has 0 heterocycles. The number of ether oxygens (including phenoxy) is 1. The summed E-state index contributed by atoms with van der Waals surface area (Å²) < 4.78 is 5.75. The molecule has 2 aromatic carbocycles. The van der Waals surface area contributed by atoms with Gasteiger partial charge in [0, 0.05) is 30.4 Å². The normalized spacial score (nSPS) is 10.5. The second kappa shape index (κ2) is 8.64. The largest absolute Gasteiger partial charge is 0.478 e. The molecule has 0 fully saturated rings. The minimum Gasteiger partial charge on any atom is -0.478 e. The maximum Gasteiger partial charge on any atom is 0.264 e. The van der Waals surface area contributed by atoms with Crippen molar-refractivity contribution < 1.29 is 9.53 Å². The van der Waals surface area contributed by atoms with Gasteiger partial charge in [-0.15, -0.1) is 0 Å². The van der Waals surface area contributed by atoms with Crippen LogP contribution in [0.15, 0.2) is 48.5 Å². The summed E-state index contributed by atoms with van der Waals surface area (Å²) in [6, 6.07) is 14.8. The lowest BCUT2D eigenvalue weighted by molar-refractivity contribution is -0.133. The number of amides is 1. The van der Waals surface area contributed by atoms with Crippen molar-refractivity contribution in [2.45, 2.75) is 19.4 Å². The first-order chi connectivity index (χ1) is 12.3. The lowest BCUT2D eigenvalue weighted by atomic mass is 10.1. The first kappa shape index (κ1) is 19.7. The molecule has 26 heavy (non-hydrogen) atoms. The molecule has 0 aliphatic heterocycles. The number of carbonyl (C=O) groups is 1. The van der Waals surface area contributed by atoms with Crippen molar-refractivity contribution in [3.05, 3.63) is 59.1 Å². The first-order valence-corrected chi connectivity index (χ1v) is 8.65. The molecular formula is C21H23ClN2O2. The summed E-state index contributed by atoms with van der Waals surface area (Å²) in [4.78, 5) is 14.4. The summed E-state index contributed by atoms with van der Waals surface area (Å²) in [6.45, 7) is 3.68. The maximum absolute atomic E-state index is 12.3. The molecule has 0 aliphatic rings. The summed E-state index contributed by atoms with van der Waals surface area (Å²) in [6.07, 6.45) is 0. The Hall–Kier alpha value is -2.64. The van der Waals surface area contributed by atoms with Gasteiger partial charge in [-0.05, 0) is 62.4 Å². The quantitative estimate of drug-likeness (QED) is 0.815. The lowest BCUT2D eigenvalue weighted by Gasteiger charge is -2.24. The summed E-state index contributed by atoms with van der Waals surface area (Å²) >= 11 is 5.85. The molecule has 0 atom stereocenters. The van der Waals surface area contributed by atoms with E-state index in [1.807, 2.05) is 43.3 Å². The monoisotopic (exact) mass is 370 g/mol. The molecule has 2 aromatic rings. The number of anilines is 1. The van der Waals surface area contributed by atoms with Crippen LogP contribution in [0.3, 0.4) is 0 Å². The van der Waals surface area contributed by atoms with Crippen LogP contribution in [0, 0.1) is 11.8 Å². The predicted octanol–water partition coefficient (Wildman–Crippen LogP) is 3.73. The number of hydrogen-bond acceptors (Lipinski definition) is 3. The Balaban J connectivity index is 1.88. The van der Waals surface area contributed by atoms with Gasteiger partial charge in [0.25, 0.3) is 5.91 Å². The molecule has 0 saturated heterocycles. The molecule has 0 spiro atoms. The van der Waals surface area contributed by atoms with Crippen LogP contribution in [0.5, 0.6) is 5.75 Å². The highest BCUT2D eigenvalue weighted by atomic mass is 35.5. The zero-order valence-corrected chi connectivity index (χ0v) is 16.2. The average Bonchev–Trinajstić information content (AvgIpc) is 2.60. The Morgan fingerprint density at radius 3 is 2.31 bits per heavy atom. The van der Waals surface area contributed by atoms with Crippen molar-refractivity contribution in [3.63, 3.8) is 0 Å². The number of rotatable bonds is 5. The Bertz CT molecular complexity index is 801. The molecule has 1 N–H and O–H groups in total. The van der Waals surface area contributed by atoms with Gasteiger partial charge in [-0.25, -0.2) is 0 Å². The number of benzene rings is 2. The Labute approximate surface area is 160 Å². The minimum atomic E-state index is -1.01. The molecule has 0 unspecified atom stereocenters. The van der Waals surface area contributed by atoms with Gasteiger partial charge in [0.15, 0.2) is 5.60 Å². The van der Waals surface area contributed by atoms with Crippen LogP contribution in [0.4, 0.5) is 5.69 Å². The molecule has 5 heteroatoms. The molecule has 1 amide bonds. The number of nitrogens with one attached hydrogen (secondary N) is 1. The van der Waals surface area contributed by atoms with E-state index in [1.54, 1.807) is 38.1 Å². The van der Waals surface area contributed by atoms with Crippen LogP contribution in [-0.2, 0) is 4.79 Å². The van der Waals surface area contributed by atoms with E-state index in [4.69, 9.17) is 16.3 Å². The third-order valence-electron chi connectivity index (χ3n) is 3.69. The van der Waals surface area contributed by atoms with E-state index in [0.717, 1.165) is 11.3 Å². The predicted molar refractivity (Wildman–Crippen MR) is 107 cm³/mol. The van der Waals surface area contributed by atoms with Crippen LogP contribution >= 0.6 is 11.6 Å². The smallest absolute Gasteiger partial charge is 0.264 e. The standard InChI is InChI=1S/C21H23ClN2O2/c1-21(2,26-19-13-9-17(22)10-14-19)20(25)23-15-5-6-16-7-11-18(12-8-16)24(3)4/h7-14H,15H2,1-4H3,(H,23,25). The average molecular weight is 371 g/mol. The third-order valence-corrected chi connectivity index (χ3v) is 3.94. The zero-order chi connectivity index (χ0) is 19.2. The van der Waals surface area contributed by atoms with Gasteiger partial charge in [-0.3, -0.25) is 4.79 Å². The van der Waals surface area contributed by atoms with Gasteiger partial charge in [0.2, 0.25) is 0 Å². The van der Waals surface area contributed by atoms with Gasteiger partial charge in [-0.2, -0.15) is 0 Å². The van der Waals surface area contributed by atoms with Crippen LogP contribution < -0.4 is 15.0 Å². The minimum absolute atomic E-state index is 0.232. The second-order valence-electron chi connectivity index (χ2n) is 6.49. The van der Waals surface area contributed by atoms with Crippen molar-refractivity contribution in [2.75, 3.05) is 25.5 Å². The summed E-state index contributed by atoms with van der Waals surface area (Å²) in [5, 5.41) is 3.40. The Kier molecular flexibility index (Phi) is 6.54. The van der Waals surface area contributed by atoms with E-state index in [1.165, 1.54) is 0 Å². The van der Waals surface area contributed by atoms with E-state index in [0.29, 0.717) is 10.8 Å². The van der Waals surface area contributed by atoms with E-state index < -0.39 is 5.60 Å². The van der Waals surface area contributed by atoms with Crippen molar-refractivity contribution in [2.24, 2.45) is 0 Å². The molecule has 0 bridgehead atoms. The molecule has 4 nitrogen and oxygen atoms in total. The van der Waals surface area contributed by atoms with Crippen molar-refractivity contribution >= 4 is 23.2 Å². The molecule has 0 radical (unpaired) electrons. The highest BCUT2D eigenvalue weighted by molar-refractivity contribution is 6.30. The van der Waals surface area contributed by atoms with Crippen LogP contribution in [0.1, 0.15) is 19.4 Å². The summed E-state index contributed by atoms with van der Waals surface area (Å²) in [5.41, 5.74) is 1.01. The number of hydrogen-bond donors (Lipinski definition) is 1. The zero-order valence-electron chi connectivity index (χ0n) is 15.5. The van der Waals surface area contributed by atoms with Crippen LogP contribution in [-0.4, -0.2) is 32.1 Å². The third kappa shape index (κ3) is 5.72. The van der Waals surface area contributed by atoms with E-state index in [2.05, 4.69) is 17.2 Å². The fourth-order valence-electron chi connectivity index (χ4n) is 2.17. The molecule has 0 aromatic heterocycles. The fraction of sp³-hybridized carbons (Fsp3) is 0.286. The molecule has 0 saturated carbocycles. The van der Waals surface area contributed by atoms with Gasteiger partial charge < -0.3 is 15.0 Å². The van der Waals surface area contributed by atoms with Gasteiger partial charge >= 0.3 is 0 Å². The van der Waals surface area contributed by atoms with Crippen LogP contribution in [0.25, 0.3) is 0 Å². The van der Waals surface area contributed by atoms with Crippen molar-refractivity contribution in [1.29, 1.82) is 0 Å². The van der Waals surface area contributed by atoms with Gasteiger partial charge in [-0.1, -0.05) is 23.4 Å². The maximum atomic E-state index is 12.3. The lowest BCUT2D eigenvalue weighted by Crippen LogP contribution is -2.46. The van der Waals surface area contributed by atoms with Crippen molar-refractivity contribution in [1.82, 2.24) is 5.32 Å². The van der Waals surface area contributed by atoms with E-state index >= 15 is 0 Å². The summed E-state index contributed by atoms with van der Waals surface area (Å²) in [7, 11) is 3.98. The number of nitrogens with zero attached hydrogens (tertiary/aromatic N) is 1. The summed E-state index contributed by atoms with van der Waals surface area (Å²) in [5.74, 6) is 6.34. The van der Waals surface area contributed by atoms with Crippen LogP contribution in [0.2, 0.25) is 5.02 Å². The fourth-order valence-corrected chi connectivity index (χ4v) is 2.30. The number of halogens is 1. The molecular weight excluding hydrogens is 348 g/mol. The second-order valence-corrected chi connectivity index (χ2v) is 6.93. The first-order valence-electron chi connectivity index (χ1n) is 8.27. The molecule has 136 valence electrons. The van der Waals surface area contributed by atoms with Gasteiger partial charge in [0.05, 0.1) is 6.54 Å². The number of carbonyl (C=O) groups excluding carboxylic acids is 1. The van der Waals surface area contributed by atoms with Crippen molar-refractivity contribution in [3.8, 4) is 17.6 Å².